The molecule has 1 aliphatic heterocycles. The average molecular weight is 250 g/mol. The lowest BCUT2D eigenvalue weighted by atomic mass is 9.84. The first-order valence-corrected chi connectivity index (χ1v) is 5.70. The summed E-state index contributed by atoms with van der Waals surface area (Å²) in [6.45, 7) is 6.86. The lowest BCUT2D eigenvalue weighted by Crippen LogP contribution is -2.53. The van der Waals surface area contributed by atoms with Crippen LogP contribution in [0.15, 0.2) is 24.5 Å². The van der Waals surface area contributed by atoms with Crippen LogP contribution in [-0.4, -0.2) is 26.7 Å². The van der Waals surface area contributed by atoms with Crippen LogP contribution in [0.25, 0.3) is 0 Å². The van der Waals surface area contributed by atoms with E-state index in [-0.39, 0.29) is 5.84 Å². The van der Waals surface area contributed by atoms with Crippen LogP contribution in [0.4, 0.5) is 0 Å². The molecular formula is C12H16N3O3. The molecule has 0 aliphatic carbocycles. The van der Waals surface area contributed by atoms with Gasteiger partial charge in [0.25, 0.3) is 0 Å². The van der Waals surface area contributed by atoms with Gasteiger partial charge in [-0.25, -0.2) is 0 Å². The molecule has 0 spiro atoms. The van der Waals surface area contributed by atoms with Gasteiger partial charge in [-0.1, -0.05) is 5.06 Å². The summed E-state index contributed by atoms with van der Waals surface area (Å²) in [5.41, 5.74) is -1.41. The summed E-state index contributed by atoms with van der Waals surface area (Å²) >= 11 is 0. The highest BCUT2D eigenvalue weighted by molar-refractivity contribution is 5.95. The summed E-state index contributed by atoms with van der Waals surface area (Å²) in [5.74, 6) is -0.0183. The highest BCUT2D eigenvalue weighted by atomic mass is 16.5. The van der Waals surface area contributed by atoms with E-state index in [1.54, 1.807) is 33.8 Å². The molecule has 1 aliphatic rings. The fourth-order valence-corrected chi connectivity index (χ4v) is 1.93. The van der Waals surface area contributed by atoms with Gasteiger partial charge >= 0.3 is 5.84 Å². The average Bonchev–Trinajstić information content (AvgIpc) is 2.38. The van der Waals surface area contributed by atoms with Crippen molar-refractivity contribution in [1.82, 2.24) is 5.06 Å². The van der Waals surface area contributed by atoms with Gasteiger partial charge < -0.3 is 10.4 Å². The Morgan fingerprint density at radius 1 is 1.22 bits per heavy atom. The van der Waals surface area contributed by atoms with Crippen LogP contribution in [0.5, 0.6) is 0 Å². The number of pyridine rings is 1. The Hall–Kier alpha value is -1.82. The number of hydrogen-bond donors (Lipinski definition) is 0. The molecule has 1 radical (unpaired) electrons. The minimum atomic E-state index is -0.867. The van der Waals surface area contributed by atoms with Gasteiger partial charge in [-0.15, -0.1) is 0 Å². The van der Waals surface area contributed by atoms with Gasteiger partial charge in [0.1, 0.15) is 11.1 Å². The fourth-order valence-electron chi connectivity index (χ4n) is 1.93. The molecule has 0 unspecified atom stereocenters. The molecule has 1 aromatic rings. The van der Waals surface area contributed by atoms with E-state index in [0.717, 1.165) is 0 Å². The van der Waals surface area contributed by atoms with E-state index in [0.29, 0.717) is 20.1 Å². The summed E-state index contributed by atoms with van der Waals surface area (Å²) < 4.78 is 1.26. The summed E-state index contributed by atoms with van der Waals surface area (Å²) in [6.07, 6.45) is 2.53. The zero-order valence-electron chi connectivity index (χ0n) is 10.9. The molecule has 2 heterocycles. The maximum absolute atomic E-state index is 12.3. The summed E-state index contributed by atoms with van der Waals surface area (Å²) in [4.78, 5) is 0. The number of aromatic nitrogens is 1. The Bertz CT molecular complexity index is 523. The molecule has 0 fully saturated rings. The van der Waals surface area contributed by atoms with Crippen molar-refractivity contribution in [2.75, 3.05) is 0 Å². The topological polar surface area (TPSA) is 76.1 Å². The van der Waals surface area contributed by atoms with Crippen molar-refractivity contribution >= 4 is 5.84 Å². The lowest BCUT2D eigenvalue weighted by Gasteiger charge is -2.32. The third-order valence-electron chi connectivity index (χ3n) is 3.93. The van der Waals surface area contributed by atoms with Gasteiger partial charge in [-0.2, -0.15) is 4.73 Å². The van der Waals surface area contributed by atoms with Crippen LogP contribution in [-0.2, 0) is 5.21 Å². The second-order valence-electron chi connectivity index (χ2n) is 5.48. The van der Waals surface area contributed by atoms with E-state index < -0.39 is 11.1 Å². The molecule has 0 amide bonds. The number of hydrogen-bond acceptors (Lipinski definition) is 3. The third-order valence-corrected chi connectivity index (χ3v) is 3.93. The highest BCUT2D eigenvalue weighted by Gasteiger charge is 2.60. The molecule has 18 heavy (non-hydrogen) atoms. The molecule has 97 valence electrons. The maximum atomic E-state index is 12.3. The van der Waals surface area contributed by atoms with Crippen molar-refractivity contribution in [2.24, 2.45) is 0 Å². The number of nitrogens with zero attached hydrogens (tertiary/aromatic N) is 3. The second-order valence-corrected chi connectivity index (χ2v) is 5.48. The fraction of sp³-hybridized carbons (Fsp3) is 0.500. The second kappa shape index (κ2) is 3.58. The Labute approximate surface area is 106 Å². The van der Waals surface area contributed by atoms with Crippen LogP contribution >= 0.6 is 0 Å². The number of hydroxylamine groups is 3. The highest BCUT2D eigenvalue weighted by Crippen LogP contribution is 2.36. The van der Waals surface area contributed by atoms with Gasteiger partial charge in [-0.3, -0.25) is 4.74 Å². The molecule has 0 saturated heterocycles. The first kappa shape index (κ1) is 12.6. The van der Waals surface area contributed by atoms with E-state index in [1.807, 2.05) is 0 Å². The zero-order chi connectivity index (χ0) is 13.7. The molecule has 1 aromatic heterocycles. The largest absolute Gasteiger partial charge is 0.714 e. The molecule has 0 aromatic carbocycles. The predicted octanol–water partition coefficient (Wildman–Crippen LogP) is 0.795. The van der Waals surface area contributed by atoms with Gasteiger partial charge in [0.05, 0.1) is 0 Å². The molecule has 6 nitrogen and oxygen atoms in total. The van der Waals surface area contributed by atoms with Crippen molar-refractivity contribution in [1.29, 1.82) is 0 Å². The molecule has 0 saturated carbocycles. The first-order valence-electron chi connectivity index (χ1n) is 5.70. The maximum Gasteiger partial charge on any atom is 0.322 e. The summed E-state index contributed by atoms with van der Waals surface area (Å²) in [5, 5.41) is 36.5. The molecule has 0 bridgehead atoms. The van der Waals surface area contributed by atoms with Crippen molar-refractivity contribution in [3.05, 3.63) is 40.5 Å². The SMILES string of the molecule is CC1(C)N([O])C(c2ccc[n+]([O-])c2)=[N+]([O-])C1(C)C. The molecule has 2 rings (SSSR count). The van der Waals surface area contributed by atoms with E-state index in [9.17, 15) is 15.6 Å². The third kappa shape index (κ3) is 1.45. The van der Waals surface area contributed by atoms with Crippen LogP contribution in [0.3, 0.4) is 0 Å². The number of amidine groups is 1. The summed E-state index contributed by atoms with van der Waals surface area (Å²) in [7, 11) is 0. The van der Waals surface area contributed by atoms with Crippen LogP contribution < -0.4 is 4.73 Å². The summed E-state index contributed by atoms with van der Waals surface area (Å²) in [6, 6.07) is 3.09. The lowest BCUT2D eigenvalue weighted by molar-refractivity contribution is -0.605. The predicted molar refractivity (Wildman–Crippen MR) is 63.8 cm³/mol. The Morgan fingerprint density at radius 3 is 2.28 bits per heavy atom. The Kier molecular flexibility index (Phi) is 2.52. The van der Waals surface area contributed by atoms with Crippen molar-refractivity contribution < 1.29 is 14.7 Å². The van der Waals surface area contributed by atoms with Crippen molar-refractivity contribution in [3.8, 4) is 0 Å². The van der Waals surface area contributed by atoms with Crippen LogP contribution in [0.2, 0.25) is 0 Å². The zero-order valence-corrected chi connectivity index (χ0v) is 10.9. The molecule has 6 heteroatoms. The minimum Gasteiger partial charge on any atom is -0.714 e. The normalized spacial score (nSPS) is 21.5. The smallest absolute Gasteiger partial charge is 0.322 e. The van der Waals surface area contributed by atoms with Gasteiger partial charge in [-0.05, 0) is 33.8 Å². The van der Waals surface area contributed by atoms with Gasteiger partial charge in [0, 0.05) is 11.3 Å². The van der Waals surface area contributed by atoms with Crippen LogP contribution in [0, 0.1) is 10.4 Å². The van der Waals surface area contributed by atoms with E-state index in [2.05, 4.69) is 0 Å². The molecule has 0 N–H and O–H groups in total. The number of rotatable bonds is 1. The van der Waals surface area contributed by atoms with E-state index in [4.69, 9.17) is 0 Å². The van der Waals surface area contributed by atoms with Gasteiger partial charge in [0.2, 0.25) is 0 Å². The van der Waals surface area contributed by atoms with Crippen molar-refractivity contribution in [3.63, 3.8) is 0 Å². The van der Waals surface area contributed by atoms with E-state index in [1.165, 1.54) is 18.5 Å². The first-order chi connectivity index (χ1) is 8.19. The van der Waals surface area contributed by atoms with Gasteiger partial charge in [0.15, 0.2) is 17.9 Å². The quantitative estimate of drug-likeness (QED) is 0.546. The molecular weight excluding hydrogens is 234 g/mol. The minimum absolute atomic E-state index is 0.0183. The van der Waals surface area contributed by atoms with Crippen LogP contribution in [0.1, 0.15) is 33.3 Å². The standard InChI is InChI=1S/C12H16N3O3/c1-11(2)12(3,4)15(18)10(14(11)17)9-6-5-7-13(16)8-9/h5-8H,1-4H3. The monoisotopic (exact) mass is 250 g/mol. The van der Waals surface area contributed by atoms with Crippen molar-refractivity contribution in [2.45, 2.75) is 38.8 Å². The Balaban J connectivity index is 2.61. The molecule has 0 atom stereocenters. The van der Waals surface area contributed by atoms with E-state index >= 15 is 0 Å². The Morgan fingerprint density at radius 2 is 1.83 bits per heavy atom.